The number of amides is 1. The van der Waals surface area contributed by atoms with Gasteiger partial charge in [-0.15, -0.1) is 0 Å². The molecule has 0 unspecified atom stereocenters. The highest BCUT2D eigenvalue weighted by Gasteiger charge is 2.11. The maximum Gasteiger partial charge on any atom is 0.263 e. The Balaban J connectivity index is 1.78. The predicted molar refractivity (Wildman–Crippen MR) is 96.5 cm³/mol. The monoisotopic (exact) mass is 340 g/mol. The molecule has 1 aromatic carbocycles. The largest absolute Gasteiger partial charge is 0.349 e. The van der Waals surface area contributed by atoms with Gasteiger partial charge in [-0.25, -0.2) is 0 Å². The number of benzene rings is 1. The zero-order valence-corrected chi connectivity index (χ0v) is 14.3. The highest BCUT2D eigenvalue weighted by Crippen LogP contribution is 2.19. The molecule has 0 aliphatic carbocycles. The molecule has 2 heterocycles. The lowest BCUT2D eigenvalue weighted by Gasteiger charge is -2.15. The van der Waals surface area contributed by atoms with Crippen LogP contribution >= 0.6 is 0 Å². The van der Waals surface area contributed by atoms with Gasteiger partial charge in [0.2, 0.25) is 11.9 Å². The first-order valence-electron chi connectivity index (χ1n) is 8.06. The average Bonchev–Trinajstić information content (AvgIpc) is 2.97. The van der Waals surface area contributed by atoms with Crippen LogP contribution in [0.3, 0.4) is 0 Å². The highest BCUT2D eigenvalue weighted by molar-refractivity contribution is 5.90. The molecule has 0 fully saturated rings. The summed E-state index contributed by atoms with van der Waals surface area (Å²) in [5, 5.41) is 10.5. The number of aromatic amines is 1. The molecular formula is C17H20N6O2. The van der Waals surface area contributed by atoms with Crippen molar-refractivity contribution in [3.63, 3.8) is 0 Å². The van der Waals surface area contributed by atoms with Gasteiger partial charge < -0.3 is 10.6 Å². The third-order valence-electron chi connectivity index (χ3n) is 3.97. The second kappa shape index (κ2) is 6.76. The number of rotatable bonds is 5. The van der Waals surface area contributed by atoms with Crippen LogP contribution in [0.5, 0.6) is 0 Å². The van der Waals surface area contributed by atoms with Crippen molar-refractivity contribution in [2.75, 3.05) is 10.6 Å². The molecule has 8 nitrogen and oxygen atoms in total. The summed E-state index contributed by atoms with van der Waals surface area (Å²) >= 11 is 0. The molecule has 0 spiro atoms. The Hall–Kier alpha value is -3.16. The Morgan fingerprint density at radius 3 is 2.72 bits per heavy atom. The van der Waals surface area contributed by atoms with E-state index in [-0.39, 0.29) is 17.5 Å². The zero-order chi connectivity index (χ0) is 18.0. The molecule has 0 saturated heterocycles. The first-order chi connectivity index (χ1) is 12.0. The van der Waals surface area contributed by atoms with Crippen molar-refractivity contribution < 1.29 is 4.79 Å². The van der Waals surface area contributed by atoms with Crippen LogP contribution in [0, 0.1) is 0 Å². The lowest BCUT2D eigenvalue weighted by molar-refractivity contribution is -0.115. The molecular weight excluding hydrogens is 320 g/mol. The lowest BCUT2D eigenvalue weighted by atomic mass is 10.1. The van der Waals surface area contributed by atoms with Crippen molar-refractivity contribution in [3.8, 4) is 0 Å². The second-order valence-corrected chi connectivity index (χ2v) is 5.81. The smallest absolute Gasteiger partial charge is 0.263 e. The van der Waals surface area contributed by atoms with E-state index in [2.05, 4.69) is 25.7 Å². The van der Waals surface area contributed by atoms with Crippen LogP contribution in [0.2, 0.25) is 0 Å². The van der Waals surface area contributed by atoms with E-state index < -0.39 is 0 Å². The van der Waals surface area contributed by atoms with Gasteiger partial charge in [0, 0.05) is 19.2 Å². The first kappa shape index (κ1) is 16.7. The molecule has 0 aliphatic rings. The van der Waals surface area contributed by atoms with Crippen LogP contribution in [-0.2, 0) is 11.8 Å². The van der Waals surface area contributed by atoms with E-state index in [9.17, 15) is 9.59 Å². The number of carbonyl (C=O) groups is 1. The summed E-state index contributed by atoms with van der Waals surface area (Å²) in [5.41, 5.74) is 2.05. The van der Waals surface area contributed by atoms with Gasteiger partial charge in [0.05, 0.1) is 12.2 Å². The van der Waals surface area contributed by atoms with Gasteiger partial charge in [-0.2, -0.15) is 10.1 Å². The summed E-state index contributed by atoms with van der Waals surface area (Å²) in [6.45, 7) is 3.77. The summed E-state index contributed by atoms with van der Waals surface area (Å²) in [5.74, 6) is 0.363. The van der Waals surface area contributed by atoms with Gasteiger partial charge in [0.1, 0.15) is 5.39 Å². The van der Waals surface area contributed by atoms with E-state index in [4.69, 9.17) is 0 Å². The van der Waals surface area contributed by atoms with E-state index in [1.807, 2.05) is 38.1 Å². The second-order valence-electron chi connectivity index (χ2n) is 5.81. The van der Waals surface area contributed by atoms with Crippen molar-refractivity contribution in [2.24, 2.45) is 7.05 Å². The van der Waals surface area contributed by atoms with Gasteiger partial charge >= 0.3 is 0 Å². The summed E-state index contributed by atoms with van der Waals surface area (Å²) in [4.78, 5) is 30.6. The SMILES string of the molecule is CCC(=O)Nc1ccc([C@H](C)Nc2nc3c(cnn3C)c(=O)[nH]2)cc1. The minimum absolute atomic E-state index is 0.0230. The molecule has 0 radical (unpaired) electrons. The van der Waals surface area contributed by atoms with Gasteiger partial charge in [-0.3, -0.25) is 19.3 Å². The number of aromatic nitrogens is 4. The Bertz CT molecular complexity index is 957. The third-order valence-corrected chi connectivity index (χ3v) is 3.97. The molecule has 0 bridgehead atoms. The molecule has 3 aromatic rings. The Morgan fingerprint density at radius 1 is 1.32 bits per heavy atom. The highest BCUT2D eigenvalue weighted by atomic mass is 16.1. The van der Waals surface area contributed by atoms with Gasteiger partial charge in [-0.05, 0) is 24.6 Å². The Labute approximate surface area is 144 Å². The number of H-pyrrole nitrogens is 1. The van der Waals surface area contributed by atoms with Crippen LogP contribution in [0.15, 0.2) is 35.3 Å². The molecule has 0 saturated carbocycles. The summed E-state index contributed by atoms with van der Waals surface area (Å²) in [6.07, 6.45) is 1.94. The Morgan fingerprint density at radius 2 is 2.04 bits per heavy atom. The van der Waals surface area contributed by atoms with Crippen molar-refractivity contribution in [1.29, 1.82) is 0 Å². The third kappa shape index (κ3) is 3.52. The van der Waals surface area contributed by atoms with Crippen molar-refractivity contribution in [2.45, 2.75) is 26.3 Å². The maximum absolute atomic E-state index is 12.1. The van der Waals surface area contributed by atoms with Gasteiger partial charge in [0.15, 0.2) is 5.65 Å². The molecule has 1 atom stereocenters. The molecule has 3 N–H and O–H groups in total. The Kier molecular flexibility index (Phi) is 4.51. The topological polar surface area (TPSA) is 105 Å². The van der Waals surface area contributed by atoms with Crippen molar-refractivity contribution >= 4 is 28.6 Å². The van der Waals surface area contributed by atoms with Crippen LogP contribution in [0.25, 0.3) is 11.0 Å². The summed E-state index contributed by atoms with van der Waals surface area (Å²) in [6, 6.07) is 7.46. The van der Waals surface area contributed by atoms with Crippen molar-refractivity contribution in [1.82, 2.24) is 19.7 Å². The number of aryl methyl sites for hydroxylation is 1. The molecule has 8 heteroatoms. The number of fused-ring (bicyclic) bond motifs is 1. The molecule has 25 heavy (non-hydrogen) atoms. The van der Waals surface area contributed by atoms with E-state index in [0.29, 0.717) is 23.4 Å². The number of hydrogen-bond donors (Lipinski definition) is 3. The normalized spacial score (nSPS) is 12.1. The van der Waals surface area contributed by atoms with E-state index in [1.165, 1.54) is 6.20 Å². The molecule has 1 amide bonds. The van der Waals surface area contributed by atoms with E-state index in [0.717, 1.165) is 11.3 Å². The minimum Gasteiger partial charge on any atom is -0.349 e. The molecule has 2 aromatic heterocycles. The number of anilines is 2. The quantitative estimate of drug-likeness (QED) is 0.660. The number of nitrogens with one attached hydrogen (secondary N) is 3. The predicted octanol–water partition coefficient (Wildman–Crippen LogP) is 2.18. The fourth-order valence-corrected chi connectivity index (χ4v) is 2.49. The zero-order valence-electron chi connectivity index (χ0n) is 14.3. The number of hydrogen-bond acceptors (Lipinski definition) is 5. The van der Waals surface area contributed by atoms with Crippen LogP contribution in [-0.4, -0.2) is 25.7 Å². The number of nitrogens with zero attached hydrogens (tertiary/aromatic N) is 3. The lowest BCUT2D eigenvalue weighted by Crippen LogP contribution is -2.16. The number of carbonyl (C=O) groups excluding carboxylic acids is 1. The standard InChI is InChI=1S/C17H20N6O2/c1-4-14(24)20-12-7-5-11(6-8-12)10(2)19-17-21-15-13(16(25)22-17)9-18-23(15)3/h5-10H,4H2,1-3H3,(H,20,24)(H2,19,21,22,25)/t10-/m0/s1. The van der Waals surface area contributed by atoms with Crippen LogP contribution in [0.4, 0.5) is 11.6 Å². The van der Waals surface area contributed by atoms with Crippen molar-refractivity contribution in [3.05, 3.63) is 46.4 Å². The molecule has 130 valence electrons. The fraction of sp³-hybridized carbons (Fsp3) is 0.294. The first-order valence-corrected chi connectivity index (χ1v) is 8.06. The van der Waals surface area contributed by atoms with Crippen LogP contribution in [0.1, 0.15) is 31.9 Å². The van der Waals surface area contributed by atoms with E-state index >= 15 is 0 Å². The molecule has 0 aliphatic heterocycles. The maximum atomic E-state index is 12.1. The van der Waals surface area contributed by atoms with Gasteiger partial charge in [0.25, 0.3) is 5.56 Å². The van der Waals surface area contributed by atoms with Gasteiger partial charge in [-0.1, -0.05) is 19.1 Å². The fourth-order valence-electron chi connectivity index (χ4n) is 2.49. The minimum atomic E-state index is -0.231. The average molecular weight is 340 g/mol. The summed E-state index contributed by atoms with van der Waals surface area (Å²) < 4.78 is 1.56. The summed E-state index contributed by atoms with van der Waals surface area (Å²) in [7, 11) is 1.74. The molecule has 3 rings (SSSR count). The van der Waals surface area contributed by atoms with Crippen LogP contribution < -0.4 is 16.2 Å². The van der Waals surface area contributed by atoms with E-state index in [1.54, 1.807) is 11.7 Å².